The fraction of sp³-hybridized carbons (Fsp3) is 0.222. The normalized spacial score (nSPS) is 11.2. The van der Waals surface area contributed by atoms with Gasteiger partial charge in [-0.15, -0.1) is 0 Å². The highest BCUT2D eigenvalue weighted by atomic mass is 32.2. The second kappa shape index (κ2) is 8.80. The first-order valence-electron chi connectivity index (χ1n) is 8.27. The van der Waals surface area contributed by atoms with Gasteiger partial charge in [-0.1, -0.05) is 6.07 Å². The molecule has 0 unspecified atom stereocenters. The van der Waals surface area contributed by atoms with E-state index in [1.165, 1.54) is 56.6 Å². The van der Waals surface area contributed by atoms with Crippen LogP contribution in [0.15, 0.2) is 47.4 Å². The van der Waals surface area contributed by atoms with Crippen molar-refractivity contribution in [2.75, 3.05) is 26.0 Å². The lowest BCUT2D eigenvalue weighted by Gasteiger charge is -2.11. The second-order valence-electron chi connectivity index (χ2n) is 6.19. The number of carbonyl (C=O) groups is 2. The summed E-state index contributed by atoms with van der Waals surface area (Å²) < 4.78 is 29.9. The minimum Gasteiger partial charge on any atom is -0.452 e. The van der Waals surface area contributed by atoms with Crippen LogP contribution in [0.2, 0.25) is 0 Å². The minimum atomic E-state index is -3.62. The summed E-state index contributed by atoms with van der Waals surface area (Å²) in [6, 6.07) is 9.27. The molecular weight excluding hydrogens is 402 g/mol. The Kier molecular flexibility index (Phi) is 6.67. The van der Waals surface area contributed by atoms with Crippen LogP contribution in [-0.4, -0.2) is 50.2 Å². The van der Waals surface area contributed by atoms with E-state index < -0.39 is 33.4 Å². The Hall–Kier alpha value is -3.31. The first-order valence-corrected chi connectivity index (χ1v) is 9.71. The molecule has 0 aliphatic rings. The number of benzene rings is 2. The number of hydrogen-bond acceptors (Lipinski definition) is 7. The highest BCUT2D eigenvalue weighted by molar-refractivity contribution is 7.89. The molecular formula is C18H19N3O7S. The molecule has 0 heterocycles. The predicted molar refractivity (Wildman–Crippen MR) is 104 cm³/mol. The van der Waals surface area contributed by atoms with Gasteiger partial charge in [0.05, 0.1) is 15.4 Å². The van der Waals surface area contributed by atoms with E-state index in [0.29, 0.717) is 5.56 Å². The van der Waals surface area contributed by atoms with E-state index in [1.54, 1.807) is 6.92 Å². The fourth-order valence-electron chi connectivity index (χ4n) is 2.27. The molecule has 0 aliphatic carbocycles. The topological polar surface area (TPSA) is 136 Å². The molecule has 2 aromatic rings. The summed E-state index contributed by atoms with van der Waals surface area (Å²) in [6.45, 7) is 0.957. The van der Waals surface area contributed by atoms with Crippen molar-refractivity contribution < 1.29 is 27.7 Å². The Bertz CT molecular complexity index is 1050. The van der Waals surface area contributed by atoms with Crippen molar-refractivity contribution in [2.24, 2.45) is 0 Å². The fourth-order valence-corrected chi connectivity index (χ4v) is 3.17. The number of nitrogens with zero attached hydrogens (tertiary/aromatic N) is 2. The van der Waals surface area contributed by atoms with Gasteiger partial charge in [-0.05, 0) is 37.3 Å². The van der Waals surface area contributed by atoms with E-state index in [1.807, 2.05) is 0 Å². The Morgan fingerprint density at radius 1 is 1.14 bits per heavy atom. The van der Waals surface area contributed by atoms with E-state index in [4.69, 9.17) is 4.74 Å². The number of sulfonamides is 1. The third-order valence-corrected chi connectivity index (χ3v) is 5.72. The lowest BCUT2D eigenvalue weighted by Crippen LogP contribution is -2.22. The Morgan fingerprint density at radius 3 is 2.31 bits per heavy atom. The zero-order chi connectivity index (χ0) is 21.8. The molecule has 0 saturated carbocycles. The molecule has 0 fully saturated rings. The summed E-state index contributed by atoms with van der Waals surface area (Å²) in [5.74, 6) is -1.49. The van der Waals surface area contributed by atoms with Crippen molar-refractivity contribution in [3.63, 3.8) is 0 Å². The van der Waals surface area contributed by atoms with Gasteiger partial charge < -0.3 is 10.1 Å². The van der Waals surface area contributed by atoms with E-state index in [9.17, 15) is 28.1 Å². The van der Waals surface area contributed by atoms with Crippen LogP contribution in [0, 0.1) is 17.0 Å². The molecule has 10 nitrogen and oxygen atoms in total. The maximum absolute atomic E-state index is 12.0. The van der Waals surface area contributed by atoms with Crippen molar-refractivity contribution in [3.8, 4) is 0 Å². The van der Waals surface area contributed by atoms with Gasteiger partial charge in [0.1, 0.15) is 0 Å². The van der Waals surface area contributed by atoms with Crippen LogP contribution in [0.3, 0.4) is 0 Å². The van der Waals surface area contributed by atoms with Crippen LogP contribution in [0.5, 0.6) is 0 Å². The van der Waals surface area contributed by atoms with Crippen molar-refractivity contribution in [1.29, 1.82) is 0 Å². The summed E-state index contributed by atoms with van der Waals surface area (Å²) >= 11 is 0. The molecule has 0 aromatic heterocycles. The zero-order valence-electron chi connectivity index (χ0n) is 15.9. The number of nitro groups is 1. The summed E-state index contributed by atoms with van der Waals surface area (Å²) in [5.41, 5.74) is 0.565. The van der Waals surface area contributed by atoms with Gasteiger partial charge in [0.2, 0.25) is 10.0 Å². The number of anilines is 1. The van der Waals surface area contributed by atoms with Gasteiger partial charge >= 0.3 is 5.97 Å². The number of carbonyl (C=O) groups excluding carboxylic acids is 2. The molecule has 154 valence electrons. The molecule has 2 aromatic carbocycles. The maximum atomic E-state index is 12.0. The molecule has 29 heavy (non-hydrogen) atoms. The summed E-state index contributed by atoms with van der Waals surface area (Å²) in [4.78, 5) is 34.4. The standard InChI is InChI=1S/C18H19N3O7S/c1-12-4-7-14(10-16(12)21(24)25)19-17(22)11-28-18(23)13-5-8-15(9-6-13)29(26,27)20(2)3/h4-10H,11H2,1-3H3,(H,19,22). The number of esters is 1. The number of amides is 1. The first kappa shape index (κ1) is 22.0. The molecule has 0 spiro atoms. The molecule has 0 bridgehead atoms. The average molecular weight is 421 g/mol. The van der Waals surface area contributed by atoms with Crippen molar-refractivity contribution in [1.82, 2.24) is 4.31 Å². The average Bonchev–Trinajstić information content (AvgIpc) is 2.67. The predicted octanol–water partition coefficient (Wildman–Crippen LogP) is 1.95. The highest BCUT2D eigenvalue weighted by Crippen LogP contribution is 2.22. The third-order valence-electron chi connectivity index (χ3n) is 3.89. The SMILES string of the molecule is Cc1ccc(NC(=O)COC(=O)c2ccc(S(=O)(=O)N(C)C)cc2)cc1[N+](=O)[O-]. The van der Waals surface area contributed by atoms with Crippen molar-refractivity contribution in [3.05, 3.63) is 63.7 Å². The van der Waals surface area contributed by atoms with Gasteiger partial charge in [-0.25, -0.2) is 17.5 Å². The molecule has 1 N–H and O–H groups in total. The van der Waals surface area contributed by atoms with Crippen LogP contribution in [-0.2, 0) is 19.6 Å². The first-order chi connectivity index (χ1) is 13.5. The van der Waals surface area contributed by atoms with E-state index in [2.05, 4.69) is 5.32 Å². The van der Waals surface area contributed by atoms with Gasteiger partial charge in [-0.3, -0.25) is 14.9 Å². The molecule has 11 heteroatoms. The quantitative estimate of drug-likeness (QED) is 0.410. The summed E-state index contributed by atoms with van der Waals surface area (Å²) in [7, 11) is -0.848. The summed E-state index contributed by atoms with van der Waals surface area (Å²) in [5, 5.41) is 13.3. The summed E-state index contributed by atoms with van der Waals surface area (Å²) in [6.07, 6.45) is 0. The number of aryl methyl sites for hydroxylation is 1. The number of nitrogens with one attached hydrogen (secondary N) is 1. The van der Waals surface area contributed by atoms with Crippen molar-refractivity contribution in [2.45, 2.75) is 11.8 Å². The molecule has 0 radical (unpaired) electrons. The molecule has 1 amide bonds. The Morgan fingerprint density at radius 2 is 1.76 bits per heavy atom. The van der Waals surface area contributed by atoms with Crippen LogP contribution >= 0.6 is 0 Å². The second-order valence-corrected chi connectivity index (χ2v) is 8.35. The highest BCUT2D eigenvalue weighted by Gasteiger charge is 2.18. The Balaban J connectivity index is 1.98. The van der Waals surface area contributed by atoms with Crippen molar-refractivity contribution >= 4 is 33.3 Å². The monoisotopic (exact) mass is 421 g/mol. The number of rotatable bonds is 7. The van der Waals surface area contributed by atoms with Crippen LogP contribution < -0.4 is 5.32 Å². The van der Waals surface area contributed by atoms with Crippen LogP contribution in [0.4, 0.5) is 11.4 Å². The smallest absolute Gasteiger partial charge is 0.338 e. The molecule has 0 atom stereocenters. The number of hydrogen-bond donors (Lipinski definition) is 1. The van der Waals surface area contributed by atoms with Gasteiger partial charge in [0.15, 0.2) is 6.61 Å². The maximum Gasteiger partial charge on any atom is 0.338 e. The Labute approximate surface area is 167 Å². The zero-order valence-corrected chi connectivity index (χ0v) is 16.7. The molecule has 0 aliphatic heterocycles. The minimum absolute atomic E-state index is 0.0118. The number of ether oxygens (including phenoxy) is 1. The van der Waals surface area contributed by atoms with E-state index in [-0.39, 0.29) is 21.8 Å². The van der Waals surface area contributed by atoms with E-state index in [0.717, 1.165) is 4.31 Å². The lowest BCUT2D eigenvalue weighted by molar-refractivity contribution is -0.385. The van der Waals surface area contributed by atoms with Crippen LogP contribution in [0.25, 0.3) is 0 Å². The van der Waals surface area contributed by atoms with E-state index >= 15 is 0 Å². The largest absolute Gasteiger partial charge is 0.452 e. The molecule has 2 rings (SSSR count). The van der Waals surface area contributed by atoms with Crippen LogP contribution in [0.1, 0.15) is 15.9 Å². The molecule has 0 saturated heterocycles. The van der Waals surface area contributed by atoms with Gasteiger partial charge in [0, 0.05) is 31.4 Å². The lowest BCUT2D eigenvalue weighted by atomic mass is 10.2. The number of nitro benzene ring substituents is 1. The third kappa shape index (κ3) is 5.36. The van der Waals surface area contributed by atoms with Gasteiger partial charge in [-0.2, -0.15) is 0 Å². The van der Waals surface area contributed by atoms with Gasteiger partial charge in [0.25, 0.3) is 11.6 Å².